The van der Waals surface area contributed by atoms with Crippen molar-refractivity contribution in [3.63, 3.8) is 0 Å². The Bertz CT molecular complexity index is 558. The molecule has 1 amide bonds. The Balaban J connectivity index is 2.31. The van der Waals surface area contributed by atoms with Crippen molar-refractivity contribution in [1.29, 1.82) is 0 Å². The second-order valence-electron chi connectivity index (χ2n) is 3.22. The van der Waals surface area contributed by atoms with Gasteiger partial charge < -0.3 is 19.6 Å². The number of carbonyl (C=O) groups is 1. The third-order valence-corrected chi connectivity index (χ3v) is 2.33. The first-order chi connectivity index (χ1) is 7.25. The molecule has 2 heterocycles. The summed E-state index contributed by atoms with van der Waals surface area (Å²) in [5, 5.41) is 0.645. The van der Waals surface area contributed by atoms with Crippen molar-refractivity contribution in [3.8, 4) is 11.5 Å². The van der Waals surface area contributed by atoms with Gasteiger partial charge in [0.05, 0.1) is 5.56 Å². The Morgan fingerprint density at radius 1 is 1.27 bits per heavy atom. The second-order valence-corrected chi connectivity index (χ2v) is 3.22. The molecule has 0 saturated heterocycles. The van der Waals surface area contributed by atoms with E-state index in [0.717, 1.165) is 0 Å². The van der Waals surface area contributed by atoms with Crippen molar-refractivity contribution in [2.45, 2.75) is 0 Å². The van der Waals surface area contributed by atoms with E-state index in [0.29, 0.717) is 28.0 Å². The Morgan fingerprint density at radius 2 is 2.00 bits per heavy atom. The fraction of sp³-hybridized carbons (Fsp3) is 0.100. The number of hydrogen-bond donors (Lipinski definition) is 1. The van der Waals surface area contributed by atoms with E-state index >= 15 is 0 Å². The number of rotatable bonds is 1. The number of carbonyl (C=O) groups excluding carboxylic acids is 1. The van der Waals surface area contributed by atoms with Crippen LogP contribution in [-0.2, 0) is 0 Å². The molecule has 0 atom stereocenters. The number of amides is 1. The summed E-state index contributed by atoms with van der Waals surface area (Å²) in [7, 11) is 0. The third kappa shape index (κ3) is 1.06. The van der Waals surface area contributed by atoms with Gasteiger partial charge in [0, 0.05) is 11.5 Å². The van der Waals surface area contributed by atoms with E-state index in [1.807, 2.05) is 0 Å². The lowest BCUT2D eigenvalue weighted by Crippen LogP contribution is -2.09. The molecule has 0 spiro atoms. The van der Waals surface area contributed by atoms with Gasteiger partial charge in [0.15, 0.2) is 11.5 Å². The summed E-state index contributed by atoms with van der Waals surface area (Å²) in [5.74, 6) is 0.701. The van der Waals surface area contributed by atoms with E-state index in [9.17, 15) is 4.79 Å². The van der Waals surface area contributed by atoms with Crippen LogP contribution in [0.5, 0.6) is 11.5 Å². The summed E-state index contributed by atoms with van der Waals surface area (Å²) < 4.78 is 15.6. The largest absolute Gasteiger partial charge is 0.463 e. The van der Waals surface area contributed by atoms with Gasteiger partial charge in [-0.1, -0.05) is 0 Å². The lowest BCUT2D eigenvalue weighted by atomic mass is 10.1. The van der Waals surface area contributed by atoms with Gasteiger partial charge in [-0.3, -0.25) is 4.79 Å². The van der Waals surface area contributed by atoms with Crippen molar-refractivity contribution in [3.05, 3.63) is 24.0 Å². The maximum absolute atomic E-state index is 11.1. The summed E-state index contributed by atoms with van der Waals surface area (Å²) in [5.41, 5.74) is 6.11. The van der Waals surface area contributed by atoms with Crippen molar-refractivity contribution in [2.75, 3.05) is 6.79 Å². The van der Waals surface area contributed by atoms with Gasteiger partial charge in [0.2, 0.25) is 6.79 Å². The minimum Gasteiger partial charge on any atom is -0.463 e. The normalized spacial score (nSPS) is 13.3. The summed E-state index contributed by atoms with van der Waals surface area (Å²) in [6, 6.07) is 3.38. The van der Waals surface area contributed by atoms with Crippen LogP contribution in [0.2, 0.25) is 0 Å². The highest BCUT2D eigenvalue weighted by Gasteiger charge is 2.19. The van der Waals surface area contributed by atoms with E-state index in [4.69, 9.17) is 19.6 Å². The van der Waals surface area contributed by atoms with Gasteiger partial charge in [0.25, 0.3) is 5.91 Å². The standard InChI is InChI=1S/C10H7NO4/c11-10(12)6-3-13-7-2-9-8(1-5(6)7)14-4-15-9/h1-3H,4H2,(H2,11,12). The van der Waals surface area contributed by atoms with E-state index in [-0.39, 0.29) is 6.79 Å². The zero-order valence-electron chi connectivity index (χ0n) is 7.65. The van der Waals surface area contributed by atoms with Crippen LogP contribution in [0, 0.1) is 0 Å². The van der Waals surface area contributed by atoms with Gasteiger partial charge in [-0.15, -0.1) is 0 Å². The minimum atomic E-state index is -0.521. The Hall–Kier alpha value is -2.17. The topological polar surface area (TPSA) is 74.7 Å². The number of fused-ring (bicyclic) bond motifs is 2. The fourth-order valence-corrected chi connectivity index (χ4v) is 1.61. The molecule has 1 aromatic heterocycles. The molecule has 5 nitrogen and oxygen atoms in total. The number of nitrogens with two attached hydrogens (primary N) is 1. The van der Waals surface area contributed by atoms with Crippen LogP contribution in [0.4, 0.5) is 0 Å². The molecule has 0 bridgehead atoms. The number of hydrogen-bond acceptors (Lipinski definition) is 4. The molecule has 0 radical (unpaired) electrons. The summed E-state index contributed by atoms with van der Waals surface area (Å²) >= 11 is 0. The van der Waals surface area contributed by atoms with Crippen molar-refractivity contribution >= 4 is 16.9 Å². The fourth-order valence-electron chi connectivity index (χ4n) is 1.61. The van der Waals surface area contributed by atoms with E-state index < -0.39 is 5.91 Å². The molecule has 1 aliphatic rings. The van der Waals surface area contributed by atoms with Crippen molar-refractivity contribution in [2.24, 2.45) is 5.73 Å². The summed E-state index contributed by atoms with van der Waals surface area (Å²) in [6.45, 7) is 0.188. The lowest BCUT2D eigenvalue weighted by molar-refractivity contribution is 0.100. The maximum atomic E-state index is 11.1. The summed E-state index contributed by atoms with van der Waals surface area (Å²) in [6.07, 6.45) is 1.34. The predicted octanol–water partition coefficient (Wildman–Crippen LogP) is 1.26. The molecule has 2 N–H and O–H groups in total. The van der Waals surface area contributed by atoms with E-state index in [2.05, 4.69) is 0 Å². The first-order valence-electron chi connectivity index (χ1n) is 4.36. The third-order valence-electron chi connectivity index (χ3n) is 2.33. The highest BCUT2D eigenvalue weighted by Crippen LogP contribution is 2.37. The Labute approximate surface area is 84.4 Å². The van der Waals surface area contributed by atoms with Gasteiger partial charge in [0.1, 0.15) is 11.8 Å². The Morgan fingerprint density at radius 3 is 2.73 bits per heavy atom. The van der Waals surface area contributed by atoms with Crippen LogP contribution in [0.25, 0.3) is 11.0 Å². The maximum Gasteiger partial charge on any atom is 0.252 e. The van der Waals surface area contributed by atoms with Crippen molar-refractivity contribution < 1.29 is 18.7 Å². The zero-order valence-corrected chi connectivity index (χ0v) is 7.65. The van der Waals surface area contributed by atoms with Crippen LogP contribution in [0.3, 0.4) is 0 Å². The molecule has 1 aromatic carbocycles. The highest BCUT2D eigenvalue weighted by atomic mass is 16.7. The molecule has 0 saturated carbocycles. The first-order valence-corrected chi connectivity index (χ1v) is 4.36. The average molecular weight is 205 g/mol. The van der Waals surface area contributed by atoms with Gasteiger partial charge >= 0.3 is 0 Å². The summed E-state index contributed by atoms with van der Waals surface area (Å²) in [4.78, 5) is 11.1. The Kier molecular flexibility index (Phi) is 1.45. The predicted molar refractivity (Wildman–Crippen MR) is 50.9 cm³/mol. The van der Waals surface area contributed by atoms with Gasteiger partial charge in [-0.2, -0.15) is 0 Å². The van der Waals surface area contributed by atoms with Crippen LogP contribution >= 0.6 is 0 Å². The van der Waals surface area contributed by atoms with Crippen LogP contribution in [-0.4, -0.2) is 12.7 Å². The molecule has 76 valence electrons. The molecule has 2 aromatic rings. The molecule has 1 aliphatic heterocycles. The molecule has 0 fully saturated rings. The molecular formula is C10H7NO4. The molecule has 5 heteroatoms. The first kappa shape index (κ1) is 8.16. The van der Waals surface area contributed by atoms with Gasteiger partial charge in [-0.05, 0) is 6.07 Å². The average Bonchev–Trinajstić information content (AvgIpc) is 2.77. The van der Waals surface area contributed by atoms with E-state index in [1.165, 1.54) is 6.26 Å². The van der Waals surface area contributed by atoms with Crippen LogP contribution < -0.4 is 15.2 Å². The number of benzene rings is 1. The molecule has 0 unspecified atom stereocenters. The molecule has 15 heavy (non-hydrogen) atoms. The number of furan rings is 1. The molecular weight excluding hydrogens is 198 g/mol. The quantitative estimate of drug-likeness (QED) is 0.760. The lowest BCUT2D eigenvalue weighted by Gasteiger charge is -1.95. The minimum absolute atomic E-state index is 0.188. The van der Waals surface area contributed by atoms with Gasteiger partial charge in [-0.25, -0.2) is 0 Å². The monoisotopic (exact) mass is 205 g/mol. The highest BCUT2D eigenvalue weighted by molar-refractivity contribution is 6.05. The SMILES string of the molecule is NC(=O)c1coc2cc3c(cc12)OCO3. The van der Waals surface area contributed by atoms with Crippen LogP contribution in [0.1, 0.15) is 10.4 Å². The number of primary amides is 1. The zero-order chi connectivity index (χ0) is 10.4. The smallest absolute Gasteiger partial charge is 0.252 e. The van der Waals surface area contributed by atoms with Crippen LogP contribution in [0.15, 0.2) is 22.8 Å². The molecule has 3 rings (SSSR count). The second kappa shape index (κ2) is 2.66. The number of ether oxygens (including phenoxy) is 2. The van der Waals surface area contributed by atoms with E-state index in [1.54, 1.807) is 12.1 Å². The van der Waals surface area contributed by atoms with Crippen molar-refractivity contribution in [1.82, 2.24) is 0 Å². The molecule has 0 aliphatic carbocycles.